The van der Waals surface area contributed by atoms with Crippen molar-refractivity contribution in [3.8, 4) is 28.1 Å². The van der Waals surface area contributed by atoms with Gasteiger partial charge in [0.05, 0.1) is 16.7 Å². The number of fused-ring (bicyclic) bond motifs is 6. The van der Waals surface area contributed by atoms with Crippen LogP contribution >= 0.6 is 0 Å². The van der Waals surface area contributed by atoms with E-state index in [1.807, 2.05) is 0 Å². The Hall–Kier alpha value is -6.32. The smallest absolute Gasteiger partial charge is 0.0545 e. The van der Waals surface area contributed by atoms with E-state index in [0.717, 1.165) is 0 Å². The predicted octanol–water partition coefficient (Wildman–Crippen LogP) is 11.9. The summed E-state index contributed by atoms with van der Waals surface area (Å²) in [4.78, 5) is 7.05. The first-order chi connectivity index (χ1) is 23.3. The first-order valence-electron chi connectivity index (χ1n) is 16.1. The van der Waals surface area contributed by atoms with Crippen molar-refractivity contribution < 1.29 is 0 Å². The van der Waals surface area contributed by atoms with Gasteiger partial charge in [0.15, 0.2) is 0 Å². The van der Waals surface area contributed by atoms with Crippen LogP contribution in [0.3, 0.4) is 0 Å². The first-order valence-corrected chi connectivity index (χ1v) is 16.1. The van der Waals surface area contributed by atoms with Crippen LogP contribution in [0.25, 0.3) is 93.4 Å². The molecule has 3 aromatic heterocycles. The van der Waals surface area contributed by atoms with Gasteiger partial charge in [0, 0.05) is 54.7 Å². The van der Waals surface area contributed by atoms with Crippen LogP contribution in [0.1, 0.15) is 0 Å². The highest BCUT2D eigenvalue weighted by atomic mass is 15.0. The van der Waals surface area contributed by atoms with Gasteiger partial charge in [-0.25, -0.2) is 0 Å². The number of rotatable bonds is 3. The molecule has 3 heterocycles. The van der Waals surface area contributed by atoms with Crippen molar-refractivity contribution in [1.82, 2.24) is 14.5 Å². The Morgan fingerprint density at radius 2 is 1.06 bits per heavy atom. The molecule has 47 heavy (non-hydrogen) atoms. The second kappa shape index (κ2) is 10.1. The molecule has 0 aliphatic heterocycles. The zero-order valence-electron chi connectivity index (χ0n) is 25.5. The minimum atomic E-state index is 1.17. The van der Waals surface area contributed by atoms with Gasteiger partial charge in [0.25, 0.3) is 0 Å². The van der Waals surface area contributed by atoms with Gasteiger partial charge in [0.2, 0.25) is 0 Å². The van der Waals surface area contributed by atoms with Gasteiger partial charge in [-0.15, -0.1) is 0 Å². The fraction of sp³-hybridized carbons (Fsp3) is 0. The number of hydrogen-bond donors (Lipinski definition) is 2. The van der Waals surface area contributed by atoms with E-state index >= 15 is 0 Å². The lowest BCUT2D eigenvalue weighted by Crippen LogP contribution is -1.96. The molecule has 220 valence electrons. The van der Waals surface area contributed by atoms with Crippen LogP contribution in [0.5, 0.6) is 0 Å². The molecular weight excluding hydrogens is 571 g/mol. The SMILES string of the molecule is c1ccc(-c2cc3ccccc3n2-c2ccc(-c3cc4cc5c3[nH]c3cccc4c35)cc2)cc1.c1ccc2c(c1)[nH]c1ccccc12. The Labute approximate surface area is 271 Å². The third-order valence-electron chi connectivity index (χ3n) is 9.67. The van der Waals surface area contributed by atoms with Crippen LogP contribution in [-0.2, 0) is 0 Å². The van der Waals surface area contributed by atoms with E-state index in [-0.39, 0.29) is 0 Å². The Balaban J connectivity index is 0.000000183. The predicted molar refractivity (Wildman–Crippen MR) is 199 cm³/mol. The molecule has 11 aromatic rings. The van der Waals surface area contributed by atoms with Crippen LogP contribution in [-0.4, -0.2) is 14.5 Å². The second-order valence-corrected chi connectivity index (χ2v) is 12.4. The molecule has 8 aromatic carbocycles. The van der Waals surface area contributed by atoms with Crippen molar-refractivity contribution in [2.75, 3.05) is 0 Å². The molecule has 0 fully saturated rings. The fourth-order valence-corrected chi connectivity index (χ4v) is 7.52. The molecule has 0 atom stereocenters. The lowest BCUT2D eigenvalue weighted by Gasteiger charge is -2.13. The van der Waals surface area contributed by atoms with E-state index in [9.17, 15) is 0 Å². The van der Waals surface area contributed by atoms with Gasteiger partial charge in [-0.1, -0.05) is 109 Å². The van der Waals surface area contributed by atoms with Crippen LogP contribution in [0, 0.1) is 0 Å². The molecular formula is C44H29N3. The molecule has 0 spiro atoms. The quantitative estimate of drug-likeness (QED) is 0.203. The van der Waals surface area contributed by atoms with E-state index in [4.69, 9.17) is 0 Å². The summed E-state index contributed by atoms with van der Waals surface area (Å²) in [6, 6.07) is 58.5. The number of nitrogens with one attached hydrogen (secondary N) is 2. The lowest BCUT2D eigenvalue weighted by atomic mass is 10.0. The van der Waals surface area contributed by atoms with Crippen molar-refractivity contribution >= 4 is 65.3 Å². The maximum atomic E-state index is 3.67. The molecule has 3 heteroatoms. The Morgan fingerprint density at radius 3 is 1.85 bits per heavy atom. The van der Waals surface area contributed by atoms with Crippen LogP contribution in [0.15, 0.2) is 164 Å². The van der Waals surface area contributed by atoms with Gasteiger partial charge in [-0.3, -0.25) is 0 Å². The van der Waals surface area contributed by atoms with E-state index in [2.05, 4.69) is 178 Å². The second-order valence-electron chi connectivity index (χ2n) is 12.4. The van der Waals surface area contributed by atoms with Gasteiger partial charge >= 0.3 is 0 Å². The number of benzene rings is 7. The first kappa shape index (κ1) is 26.0. The summed E-state index contributed by atoms with van der Waals surface area (Å²) in [6.45, 7) is 0. The van der Waals surface area contributed by atoms with Crippen LogP contribution < -0.4 is 0 Å². The zero-order chi connectivity index (χ0) is 30.9. The average molecular weight is 600 g/mol. The topological polar surface area (TPSA) is 36.5 Å². The molecule has 0 aliphatic rings. The minimum absolute atomic E-state index is 1.17. The summed E-state index contributed by atoms with van der Waals surface area (Å²) in [5, 5.41) is 9.22. The van der Waals surface area contributed by atoms with Crippen molar-refractivity contribution in [2.24, 2.45) is 0 Å². The number of nitrogens with zero attached hydrogens (tertiary/aromatic N) is 1. The zero-order valence-corrected chi connectivity index (χ0v) is 25.5. The van der Waals surface area contributed by atoms with Gasteiger partial charge in [0.1, 0.15) is 0 Å². The van der Waals surface area contributed by atoms with Crippen molar-refractivity contribution in [3.63, 3.8) is 0 Å². The fourth-order valence-electron chi connectivity index (χ4n) is 7.52. The molecule has 2 N–H and O–H groups in total. The van der Waals surface area contributed by atoms with Crippen molar-refractivity contribution in [2.45, 2.75) is 0 Å². The van der Waals surface area contributed by atoms with Crippen LogP contribution in [0.2, 0.25) is 0 Å². The number of hydrogen-bond acceptors (Lipinski definition) is 0. The third-order valence-corrected chi connectivity index (χ3v) is 9.67. The molecule has 0 amide bonds. The molecule has 0 saturated carbocycles. The Morgan fingerprint density at radius 1 is 0.404 bits per heavy atom. The number of aromatic nitrogens is 3. The van der Waals surface area contributed by atoms with Gasteiger partial charge in [-0.05, 0) is 76.5 Å². The van der Waals surface area contributed by atoms with Gasteiger partial charge < -0.3 is 14.5 Å². The molecule has 0 radical (unpaired) electrons. The van der Waals surface area contributed by atoms with E-state index in [1.165, 1.54) is 93.4 Å². The summed E-state index contributed by atoms with van der Waals surface area (Å²) in [5.74, 6) is 0. The summed E-state index contributed by atoms with van der Waals surface area (Å²) in [7, 11) is 0. The van der Waals surface area contributed by atoms with E-state index < -0.39 is 0 Å². The highest BCUT2D eigenvalue weighted by Crippen LogP contribution is 2.43. The van der Waals surface area contributed by atoms with Crippen LogP contribution in [0.4, 0.5) is 0 Å². The summed E-state index contributed by atoms with van der Waals surface area (Å²) in [5.41, 5.74) is 12.2. The van der Waals surface area contributed by atoms with Crippen molar-refractivity contribution in [1.29, 1.82) is 0 Å². The van der Waals surface area contributed by atoms with Crippen molar-refractivity contribution in [3.05, 3.63) is 164 Å². The molecule has 11 rings (SSSR count). The lowest BCUT2D eigenvalue weighted by molar-refractivity contribution is 1.13. The molecule has 2 bridgehead atoms. The molecule has 0 saturated heterocycles. The Kier molecular flexibility index (Phi) is 5.57. The highest BCUT2D eigenvalue weighted by molar-refractivity contribution is 6.28. The normalized spacial score (nSPS) is 11.8. The largest absolute Gasteiger partial charge is 0.355 e. The highest BCUT2D eigenvalue weighted by Gasteiger charge is 2.18. The molecule has 3 nitrogen and oxygen atoms in total. The summed E-state index contributed by atoms with van der Waals surface area (Å²) >= 11 is 0. The maximum Gasteiger partial charge on any atom is 0.0545 e. The monoisotopic (exact) mass is 599 g/mol. The molecule has 0 unspecified atom stereocenters. The molecule has 0 aliphatic carbocycles. The maximum absolute atomic E-state index is 3.67. The van der Waals surface area contributed by atoms with E-state index in [1.54, 1.807) is 0 Å². The Bertz CT molecular complexity index is 2780. The number of para-hydroxylation sites is 3. The van der Waals surface area contributed by atoms with E-state index in [0.29, 0.717) is 0 Å². The third kappa shape index (κ3) is 4.00. The summed E-state index contributed by atoms with van der Waals surface area (Å²) < 4.78 is 2.37. The summed E-state index contributed by atoms with van der Waals surface area (Å²) in [6.07, 6.45) is 0. The van der Waals surface area contributed by atoms with Gasteiger partial charge in [-0.2, -0.15) is 0 Å². The minimum Gasteiger partial charge on any atom is -0.355 e. The number of aromatic amines is 2. The average Bonchev–Trinajstić information content (AvgIpc) is 3.89. The number of H-pyrrole nitrogens is 2. The standard InChI is InChI=1S/C32H20N2.C12H9N/c1-2-7-21(8-3-1)30-19-22-9-4-5-12-29(22)34(30)24-15-13-20(14-16-24)26-17-23-18-27-31-25(23)10-6-11-28(31)33-32(26)27;1-3-7-11-9(5-1)10-6-2-4-8-12(10)13-11/h1-19,33H;1-8,13H.